The molecule has 1 aromatic heterocycles. The van der Waals surface area contributed by atoms with E-state index in [9.17, 15) is 0 Å². The van der Waals surface area contributed by atoms with Gasteiger partial charge in [0.25, 0.3) is 0 Å². The van der Waals surface area contributed by atoms with Gasteiger partial charge in [0.2, 0.25) is 5.89 Å². The molecule has 1 aliphatic rings. The maximum Gasteiger partial charge on any atom is 0.219 e. The first-order valence-electron chi connectivity index (χ1n) is 4.66. The zero-order valence-electron chi connectivity index (χ0n) is 7.53. The number of hydrogen-bond acceptors (Lipinski definition) is 4. The van der Waals surface area contributed by atoms with Gasteiger partial charge in [-0.2, -0.15) is 0 Å². The fraction of sp³-hybridized carbons (Fsp3) is 0.667. The molecule has 0 aliphatic carbocycles. The predicted molar refractivity (Wildman–Crippen MR) is 47.2 cm³/mol. The maximum absolute atomic E-state index is 5.63. The lowest BCUT2D eigenvalue weighted by atomic mass is 10.1. The van der Waals surface area contributed by atoms with Crippen LogP contribution in [0, 0.1) is 0 Å². The van der Waals surface area contributed by atoms with Crippen molar-refractivity contribution in [1.29, 1.82) is 0 Å². The molecular formula is C9H14N2O2. The second kappa shape index (κ2) is 4.39. The van der Waals surface area contributed by atoms with Crippen LogP contribution in [-0.4, -0.2) is 24.2 Å². The van der Waals surface area contributed by atoms with Crippen LogP contribution < -0.4 is 5.32 Å². The van der Waals surface area contributed by atoms with E-state index in [1.54, 1.807) is 12.5 Å². The van der Waals surface area contributed by atoms with Crippen LogP contribution in [0.5, 0.6) is 0 Å². The summed E-state index contributed by atoms with van der Waals surface area (Å²) in [5.41, 5.74) is 0. The van der Waals surface area contributed by atoms with E-state index in [-0.39, 0.29) is 0 Å². The minimum Gasteiger partial charge on any atom is -0.446 e. The zero-order chi connectivity index (χ0) is 8.93. The highest BCUT2D eigenvalue weighted by Crippen LogP contribution is 2.09. The lowest BCUT2D eigenvalue weighted by Gasteiger charge is -2.22. The van der Waals surface area contributed by atoms with Crippen molar-refractivity contribution in [3.63, 3.8) is 0 Å². The number of piperidine rings is 1. The van der Waals surface area contributed by atoms with E-state index in [4.69, 9.17) is 9.15 Å². The standard InChI is InChI=1S/C9H14N2O2/c1-3-10-4-2-8(1)13-7-9-11-5-6-12-9/h5-6,8,10H,1-4,7H2. The Kier molecular flexibility index (Phi) is 2.94. The Morgan fingerprint density at radius 1 is 1.54 bits per heavy atom. The van der Waals surface area contributed by atoms with Crippen LogP contribution in [0.25, 0.3) is 0 Å². The lowest BCUT2D eigenvalue weighted by molar-refractivity contribution is 0.0107. The summed E-state index contributed by atoms with van der Waals surface area (Å²) in [6.07, 6.45) is 5.75. The Hall–Kier alpha value is -0.870. The minimum absolute atomic E-state index is 0.369. The molecule has 4 heteroatoms. The molecule has 0 spiro atoms. The molecule has 1 saturated heterocycles. The summed E-state index contributed by atoms with van der Waals surface area (Å²) in [5, 5.41) is 3.29. The summed E-state index contributed by atoms with van der Waals surface area (Å²) < 4.78 is 10.7. The summed E-state index contributed by atoms with van der Waals surface area (Å²) in [6, 6.07) is 0. The monoisotopic (exact) mass is 182 g/mol. The van der Waals surface area contributed by atoms with Crippen molar-refractivity contribution in [1.82, 2.24) is 10.3 Å². The average Bonchev–Trinajstić information content (AvgIpc) is 2.69. The van der Waals surface area contributed by atoms with Gasteiger partial charge >= 0.3 is 0 Å². The van der Waals surface area contributed by atoms with Crippen LogP contribution in [0.2, 0.25) is 0 Å². The van der Waals surface area contributed by atoms with Crippen LogP contribution in [-0.2, 0) is 11.3 Å². The fourth-order valence-corrected chi connectivity index (χ4v) is 1.48. The molecule has 13 heavy (non-hydrogen) atoms. The quantitative estimate of drug-likeness (QED) is 0.755. The molecule has 0 radical (unpaired) electrons. The Balaban J connectivity index is 1.72. The minimum atomic E-state index is 0.369. The second-order valence-corrected chi connectivity index (χ2v) is 3.19. The third-order valence-electron chi connectivity index (χ3n) is 2.21. The number of nitrogens with zero attached hydrogens (tertiary/aromatic N) is 1. The smallest absolute Gasteiger partial charge is 0.219 e. The largest absolute Gasteiger partial charge is 0.446 e. The zero-order valence-corrected chi connectivity index (χ0v) is 7.53. The molecule has 72 valence electrons. The molecule has 1 fully saturated rings. The SMILES string of the molecule is c1coc(COC2CCNCC2)n1. The van der Waals surface area contributed by atoms with Crippen molar-refractivity contribution in [2.24, 2.45) is 0 Å². The molecule has 1 aromatic rings. The second-order valence-electron chi connectivity index (χ2n) is 3.19. The lowest BCUT2D eigenvalue weighted by Crippen LogP contribution is -2.32. The predicted octanol–water partition coefficient (Wildman–Crippen LogP) is 0.943. The van der Waals surface area contributed by atoms with Crippen molar-refractivity contribution in [3.8, 4) is 0 Å². The number of hydrogen-bond donors (Lipinski definition) is 1. The van der Waals surface area contributed by atoms with Gasteiger partial charge in [0, 0.05) is 0 Å². The van der Waals surface area contributed by atoms with Gasteiger partial charge in [-0.3, -0.25) is 0 Å². The normalized spacial score (nSPS) is 19.1. The van der Waals surface area contributed by atoms with Gasteiger partial charge in [-0.1, -0.05) is 0 Å². The third kappa shape index (κ3) is 2.54. The summed E-state index contributed by atoms with van der Waals surface area (Å²) >= 11 is 0. The molecule has 2 rings (SSSR count). The van der Waals surface area contributed by atoms with E-state index in [0.29, 0.717) is 18.6 Å². The first-order chi connectivity index (χ1) is 6.45. The van der Waals surface area contributed by atoms with Gasteiger partial charge in [-0.05, 0) is 25.9 Å². The van der Waals surface area contributed by atoms with Crippen molar-refractivity contribution in [3.05, 3.63) is 18.4 Å². The van der Waals surface area contributed by atoms with E-state index >= 15 is 0 Å². The van der Waals surface area contributed by atoms with Crippen molar-refractivity contribution in [2.75, 3.05) is 13.1 Å². The van der Waals surface area contributed by atoms with E-state index in [1.165, 1.54) is 0 Å². The third-order valence-corrected chi connectivity index (χ3v) is 2.21. The van der Waals surface area contributed by atoms with Crippen LogP contribution >= 0.6 is 0 Å². The van der Waals surface area contributed by atoms with Crippen LogP contribution in [0.1, 0.15) is 18.7 Å². The molecule has 0 saturated carbocycles. The van der Waals surface area contributed by atoms with E-state index < -0.39 is 0 Å². The molecule has 1 N–H and O–H groups in total. The number of ether oxygens (including phenoxy) is 1. The van der Waals surface area contributed by atoms with Crippen LogP contribution in [0.4, 0.5) is 0 Å². The van der Waals surface area contributed by atoms with Gasteiger partial charge in [0.15, 0.2) is 0 Å². The van der Waals surface area contributed by atoms with Crippen molar-refractivity contribution < 1.29 is 9.15 Å². The molecule has 0 aromatic carbocycles. The molecule has 0 unspecified atom stereocenters. The van der Waals surface area contributed by atoms with Gasteiger partial charge in [-0.15, -0.1) is 0 Å². The first kappa shape index (κ1) is 8.72. The molecule has 1 aliphatic heterocycles. The molecule has 0 amide bonds. The van der Waals surface area contributed by atoms with Gasteiger partial charge < -0.3 is 14.5 Å². The van der Waals surface area contributed by atoms with E-state index in [2.05, 4.69) is 10.3 Å². The van der Waals surface area contributed by atoms with E-state index in [0.717, 1.165) is 25.9 Å². The van der Waals surface area contributed by atoms with Crippen molar-refractivity contribution >= 4 is 0 Å². The maximum atomic E-state index is 5.63. The van der Waals surface area contributed by atoms with E-state index in [1.807, 2.05) is 0 Å². The number of nitrogens with one attached hydrogen (secondary N) is 1. The molecule has 2 heterocycles. The summed E-state index contributed by atoms with van der Waals surface area (Å²) in [7, 11) is 0. The van der Waals surface area contributed by atoms with Gasteiger partial charge in [0.1, 0.15) is 12.9 Å². The summed E-state index contributed by atoms with van der Waals surface area (Å²) in [6.45, 7) is 2.60. The summed E-state index contributed by atoms with van der Waals surface area (Å²) in [4.78, 5) is 3.99. The number of rotatable bonds is 3. The van der Waals surface area contributed by atoms with Gasteiger partial charge in [0.05, 0.1) is 12.3 Å². The topological polar surface area (TPSA) is 47.3 Å². The molecular weight excluding hydrogens is 168 g/mol. The van der Waals surface area contributed by atoms with Crippen LogP contribution in [0.3, 0.4) is 0 Å². The van der Waals surface area contributed by atoms with Crippen LogP contribution in [0.15, 0.2) is 16.9 Å². The average molecular weight is 182 g/mol. The summed E-state index contributed by atoms with van der Waals surface area (Å²) in [5.74, 6) is 0.665. The Bertz CT molecular complexity index is 230. The number of aromatic nitrogens is 1. The molecule has 0 bridgehead atoms. The first-order valence-corrected chi connectivity index (χ1v) is 4.66. The molecule has 4 nitrogen and oxygen atoms in total. The van der Waals surface area contributed by atoms with Crippen molar-refractivity contribution in [2.45, 2.75) is 25.6 Å². The Morgan fingerprint density at radius 2 is 2.38 bits per heavy atom. The highest BCUT2D eigenvalue weighted by Gasteiger charge is 2.13. The Morgan fingerprint density at radius 3 is 3.08 bits per heavy atom. The highest BCUT2D eigenvalue weighted by atomic mass is 16.5. The molecule has 0 atom stereocenters. The Labute approximate surface area is 77.3 Å². The number of oxazole rings is 1. The fourth-order valence-electron chi connectivity index (χ4n) is 1.48. The van der Waals surface area contributed by atoms with Gasteiger partial charge in [-0.25, -0.2) is 4.98 Å². The highest BCUT2D eigenvalue weighted by molar-refractivity contribution is 4.77.